The zero-order valence-electron chi connectivity index (χ0n) is 37.4. The largest absolute Gasteiger partial charge is 0.489 e. The highest BCUT2D eigenvalue weighted by Crippen LogP contribution is 2.66. The van der Waals surface area contributed by atoms with E-state index in [2.05, 4.69) is 60.7 Å². The predicted octanol–water partition coefficient (Wildman–Crippen LogP) is 5.79. The van der Waals surface area contributed by atoms with Crippen LogP contribution in [0.2, 0.25) is 0 Å². The van der Waals surface area contributed by atoms with Crippen LogP contribution in [0.1, 0.15) is 70.2 Å². The fraction of sp³-hybridized carbons (Fsp3) is 0.553. The van der Waals surface area contributed by atoms with E-state index in [1.165, 1.54) is 12.7 Å². The number of aryl methyl sites for hydroxylation is 2. The van der Waals surface area contributed by atoms with Crippen LogP contribution in [0.25, 0.3) is 22.8 Å². The third kappa shape index (κ3) is 8.35. The Morgan fingerprint density at radius 3 is 2.55 bits per heavy atom. The van der Waals surface area contributed by atoms with Gasteiger partial charge in [-0.1, -0.05) is 19.9 Å². The smallest absolute Gasteiger partial charge is 0.247 e. The number of aromatic amines is 1. The van der Waals surface area contributed by atoms with Gasteiger partial charge in [-0.05, 0) is 99.7 Å². The molecule has 3 N–H and O–H groups in total. The molecule has 17 nitrogen and oxygen atoms in total. The van der Waals surface area contributed by atoms with Gasteiger partial charge in [-0.15, -0.1) is 0 Å². The highest BCUT2D eigenvalue weighted by Gasteiger charge is 2.60. The van der Waals surface area contributed by atoms with Gasteiger partial charge in [0.15, 0.2) is 17.5 Å². The number of fused-ring (bicyclic) bond motifs is 6. The molecule has 0 bridgehead atoms. The van der Waals surface area contributed by atoms with E-state index in [1.54, 1.807) is 23.4 Å². The Kier molecular flexibility index (Phi) is 12.2. The van der Waals surface area contributed by atoms with Gasteiger partial charge in [0, 0.05) is 42.2 Å². The maximum atomic E-state index is 13.6. The quantitative estimate of drug-likeness (QED) is 0.121. The molecular formula is C47H59N11O6. The molecule has 64 heavy (non-hydrogen) atoms. The number of anilines is 3. The number of pyridine rings is 2. The van der Waals surface area contributed by atoms with Gasteiger partial charge in [0.25, 0.3) is 0 Å². The number of carbonyl (C=O) groups is 3. The molecule has 7 atom stereocenters. The molecule has 6 heterocycles. The van der Waals surface area contributed by atoms with Gasteiger partial charge in [0.1, 0.15) is 24.4 Å². The van der Waals surface area contributed by atoms with Crippen LogP contribution in [0, 0.1) is 48.3 Å². The first kappa shape index (κ1) is 43.4. The van der Waals surface area contributed by atoms with Crippen molar-refractivity contribution in [2.75, 3.05) is 68.7 Å². The highest BCUT2D eigenvalue weighted by molar-refractivity contribution is 6.01. The number of amides is 3. The van der Waals surface area contributed by atoms with Crippen molar-refractivity contribution in [3.63, 3.8) is 0 Å². The molecule has 4 aromatic rings. The van der Waals surface area contributed by atoms with Crippen LogP contribution in [0.4, 0.5) is 17.3 Å². The Bertz CT molecular complexity index is 2410. The van der Waals surface area contributed by atoms with E-state index in [0.717, 1.165) is 49.1 Å². The molecular weight excluding hydrogens is 815 g/mol. The molecule has 0 radical (unpaired) electrons. The van der Waals surface area contributed by atoms with Gasteiger partial charge in [-0.3, -0.25) is 29.4 Å². The average Bonchev–Trinajstić information content (AvgIpc) is 3.94. The molecule has 0 spiro atoms. The van der Waals surface area contributed by atoms with Crippen molar-refractivity contribution in [2.45, 2.75) is 78.7 Å². The first-order valence-corrected chi connectivity index (χ1v) is 22.7. The molecule has 338 valence electrons. The predicted molar refractivity (Wildman–Crippen MR) is 239 cm³/mol. The third-order valence-electron chi connectivity index (χ3n) is 15.1. The lowest BCUT2D eigenvalue weighted by atomic mass is 9.47. The van der Waals surface area contributed by atoms with Crippen molar-refractivity contribution in [2.24, 2.45) is 34.5 Å². The summed E-state index contributed by atoms with van der Waals surface area (Å²) in [5.74, 6) is 4.28. The summed E-state index contributed by atoms with van der Waals surface area (Å²) in [6, 6.07) is 5.86. The van der Waals surface area contributed by atoms with Crippen molar-refractivity contribution >= 4 is 35.0 Å². The van der Waals surface area contributed by atoms with Gasteiger partial charge < -0.3 is 29.7 Å². The minimum atomic E-state index is -0.127. The zero-order chi connectivity index (χ0) is 44.6. The van der Waals surface area contributed by atoms with Crippen molar-refractivity contribution in [3.05, 3.63) is 60.5 Å². The number of likely N-dealkylation sites (N-methyl/N-ethyl adjacent to an activating group) is 1. The number of nitrogens with one attached hydrogen (secondary N) is 3. The van der Waals surface area contributed by atoms with Crippen molar-refractivity contribution in [1.82, 2.24) is 40.0 Å². The van der Waals surface area contributed by atoms with Crippen LogP contribution in [-0.2, 0) is 23.9 Å². The lowest BCUT2D eigenvalue weighted by molar-refractivity contribution is -0.139. The summed E-state index contributed by atoms with van der Waals surface area (Å²) in [6.45, 7) is 10.6. The Hall–Kier alpha value is -5.81. The van der Waals surface area contributed by atoms with Crippen molar-refractivity contribution < 1.29 is 28.6 Å². The average molecular weight is 874 g/mol. The van der Waals surface area contributed by atoms with E-state index < -0.39 is 0 Å². The number of ether oxygens (including phenoxy) is 3. The summed E-state index contributed by atoms with van der Waals surface area (Å²) >= 11 is 0. The molecule has 3 fully saturated rings. The van der Waals surface area contributed by atoms with Crippen molar-refractivity contribution in [3.8, 4) is 28.5 Å². The molecule has 5 aliphatic rings. The lowest BCUT2D eigenvalue weighted by Crippen LogP contribution is -2.59. The fourth-order valence-corrected chi connectivity index (χ4v) is 11.8. The van der Waals surface area contributed by atoms with Crippen molar-refractivity contribution in [1.29, 1.82) is 0 Å². The molecule has 9 rings (SSSR count). The number of H-pyrrole nitrogens is 1. The first-order valence-electron chi connectivity index (χ1n) is 22.7. The van der Waals surface area contributed by atoms with Crippen LogP contribution < -0.4 is 20.3 Å². The number of rotatable bonds is 15. The summed E-state index contributed by atoms with van der Waals surface area (Å²) in [6.07, 6.45) is 16.0. The van der Waals surface area contributed by atoms with Crippen LogP contribution in [0.3, 0.4) is 0 Å². The zero-order valence-corrected chi connectivity index (χ0v) is 37.4. The standard InChI is InChI=1S/C47H59N11O6/c1-28-32(7-10-36(53-28)43-51-27-52-56-43)37-25-49-44-45(55-37)58(42(61)26-50-44)16-17-62-18-19-63-20-21-64-38-23-31(24-48-29(38)2)54-40(59)22-30-6-9-34-33-8-11-39-47(4,15-13-41(60)57(39)5)35(33)12-14-46(30,34)3/h7,10,13,15,23-25,27,30,33-35,39H,6,8-9,11-12,14,16-22,26H2,1-5H3,(H,49,50)(H,54,59)(H,51,52,56)/t30?,33?,34?,35?,39?,46-,47-/m0/s1. The Morgan fingerprint density at radius 1 is 0.906 bits per heavy atom. The van der Waals surface area contributed by atoms with Gasteiger partial charge in [0.2, 0.25) is 17.7 Å². The normalized spacial score (nSPS) is 27.0. The van der Waals surface area contributed by atoms with Gasteiger partial charge in [-0.25, -0.2) is 19.9 Å². The number of aromatic nitrogens is 7. The summed E-state index contributed by atoms with van der Waals surface area (Å²) < 4.78 is 17.7. The Balaban J connectivity index is 0.702. The molecule has 0 saturated heterocycles. The lowest BCUT2D eigenvalue weighted by Gasteiger charge is -2.60. The van der Waals surface area contributed by atoms with E-state index in [4.69, 9.17) is 19.2 Å². The van der Waals surface area contributed by atoms with Gasteiger partial charge >= 0.3 is 0 Å². The van der Waals surface area contributed by atoms with Crippen LogP contribution >= 0.6 is 0 Å². The highest BCUT2D eigenvalue weighted by atomic mass is 16.5. The topological polar surface area (TPSA) is 203 Å². The number of hydrogen-bond acceptors (Lipinski definition) is 13. The van der Waals surface area contributed by atoms with E-state index in [9.17, 15) is 14.4 Å². The molecule has 5 unspecified atom stereocenters. The summed E-state index contributed by atoms with van der Waals surface area (Å²) in [5, 5.41) is 12.9. The van der Waals surface area contributed by atoms with E-state index in [-0.39, 0.29) is 47.7 Å². The van der Waals surface area contributed by atoms with E-state index in [0.29, 0.717) is 103 Å². The monoisotopic (exact) mass is 873 g/mol. The van der Waals surface area contributed by atoms with Gasteiger partial charge in [-0.2, -0.15) is 5.10 Å². The third-order valence-corrected chi connectivity index (χ3v) is 15.1. The van der Waals surface area contributed by atoms with Gasteiger partial charge in [0.05, 0.1) is 69.0 Å². The maximum absolute atomic E-state index is 13.6. The first-order chi connectivity index (χ1) is 30.9. The van der Waals surface area contributed by atoms with Crippen LogP contribution in [-0.4, -0.2) is 117 Å². The summed E-state index contributed by atoms with van der Waals surface area (Å²) in [7, 11) is 1.97. The minimum absolute atomic E-state index is 0.0155. The minimum Gasteiger partial charge on any atom is -0.489 e. The number of hydrogen-bond donors (Lipinski definition) is 3. The van der Waals surface area contributed by atoms with Crippen LogP contribution in [0.5, 0.6) is 5.75 Å². The second kappa shape index (κ2) is 18.0. The fourth-order valence-electron chi connectivity index (χ4n) is 11.8. The molecule has 3 saturated carbocycles. The van der Waals surface area contributed by atoms with E-state index >= 15 is 0 Å². The Labute approximate surface area is 373 Å². The second-order valence-electron chi connectivity index (χ2n) is 18.6. The number of nitrogens with zero attached hydrogens (tertiary/aromatic N) is 8. The Morgan fingerprint density at radius 2 is 1.73 bits per heavy atom. The molecule has 4 aromatic heterocycles. The molecule has 2 aliphatic heterocycles. The summed E-state index contributed by atoms with van der Waals surface area (Å²) in [5.41, 5.74) is 4.28. The maximum Gasteiger partial charge on any atom is 0.247 e. The molecule has 17 heteroatoms. The van der Waals surface area contributed by atoms with Crippen LogP contribution in [0.15, 0.2) is 49.1 Å². The van der Waals surface area contributed by atoms with E-state index in [1.807, 2.05) is 44.0 Å². The molecule has 3 amide bonds. The SMILES string of the molecule is Cc1ncc(NC(=O)CC2CCC3C4CCC5N(C)C(=O)C=C[C@@]5(C)C4CC[C@@]23C)cc1OCCOCCOCCN1C(=O)CNc2ncc(-c3ccc(-c4ncn[nH]4)nc3C)nc21. The molecule has 3 aliphatic carbocycles. The summed E-state index contributed by atoms with van der Waals surface area (Å²) in [4.78, 5) is 65.3. The molecule has 0 aromatic carbocycles. The number of carbonyl (C=O) groups excluding carboxylic acids is 3. The second-order valence-corrected chi connectivity index (χ2v) is 18.6.